The van der Waals surface area contributed by atoms with Gasteiger partial charge in [-0.1, -0.05) is 30.3 Å². The zero-order valence-corrected chi connectivity index (χ0v) is 25.0. The van der Waals surface area contributed by atoms with Gasteiger partial charge < -0.3 is 19.1 Å². The molecule has 0 radical (unpaired) electrons. The molecule has 1 fully saturated rings. The standard InChI is InChI=1S/C34H38FN3O5/c1-41-31-21-24(22-32(42-2)33(31)43-3)30(39)11-7-18-37-17-6-8-26(16-19-37)38-34(40)28-10-5-4-9-27(28)29(36-38)20-23-12-14-25(35)15-13-23/h4-5,9-10,12-15,21-22,26H,6-8,11,16-20H2,1-3H3. The number of rotatable bonds is 11. The Balaban J connectivity index is 1.25. The lowest BCUT2D eigenvalue weighted by atomic mass is 10.0. The van der Waals surface area contributed by atoms with Gasteiger partial charge in [0.15, 0.2) is 17.3 Å². The van der Waals surface area contributed by atoms with Crippen molar-refractivity contribution in [3.05, 3.63) is 93.7 Å². The summed E-state index contributed by atoms with van der Waals surface area (Å²) in [5.74, 6) is 1.13. The predicted molar refractivity (Wildman–Crippen MR) is 164 cm³/mol. The Labute approximate surface area is 251 Å². The first-order chi connectivity index (χ1) is 20.9. The van der Waals surface area contributed by atoms with E-state index in [1.165, 1.54) is 33.5 Å². The van der Waals surface area contributed by atoms with E-state index in [-0.39, 0.29) is 23.2 Å². The van der Waals surface area contributed by atoms with Crippen LogP contribution < -0.4 is 19.8 Å². The molecule has 0 amide bonds. The van der Waals surface area contributed by atoms with Crippen molar-refractivity contribution >= 4 is 16.6 Å². The van der Waals surface area contributed by atoms with Crippen molar-refractivity contribution in [1.82, 2.24) is 14.7 Å². The van der Waals surface area contributed by atoms with Crippen molar-refractivity contribution in [2.75, 3.05) is 41.0 Å². The monoisotopic (exact) mass is 587 g/mol. The lowest BCUT2D eigenvalue weighted by molar-refractivity contribution is 0.0974. The number of aromatic nitrogens is 2. The molecular weight excluding hydrogens is 549 g/mol. The van der Waals surface area contributed by atoms with Gasteiger partial charge in [0.05, 0.1) is 38.5 Å². The summed E-state index contributed by atoms with van der Waals surface area (Å²) in [5.41, 5.74) is 2.21. The molecule has 0 bridgehead atoms. The molecule has 1 aliphatic rings. The van der Waals surface area contributed by atoms with Crippen molar-refractivity contribution < 1.29 is 23.4 Å². The number of likely N-dealkylation sites (tertiary alicyclic amines) is 1. The smallest absolute Gasteiger partial charge is 0.274 e. The molecule has 226 valence electrons. The normalized spacial score (nSPS) is 15.7. The molecular formula is C34H38FN3O5. The molecule has 0 spiro atoms. The third kappa shape index (κ3) is 6.88. The highest BCUT2D eigenvalue weighted by atomic mass is 19.1. The second-order valence-corrected chi connectivity index (χ2v) is 10.9. The fourth-order valence-electron chi connectivity index (χ4n) is 5.90. The van der Waals surface area contributed by atoms with Crippen molar-refractivity contribution in [3.63, 3.8) is 0 Å². The van der Waals surface area contributed by atoms with E-state index in [0.717, 1.165) is 62.0 Å². The van der Waals surface area contributed by atoms with Crippen LogP contribution in [0.5, 0.6) is 17.2 Å². The van der Waals surface area contributed by atoms with E-state index in [4.69, 9.17) is 19.3 Å². The van der Waals surface area contributed by atoms with Crippen LogP contribution in [0.3, 0.4) is 0 Å². The largest absolute Gasteiger partial charge is 0.493 e. The maximum atomic E-state index is 13.6. The van der Waals surface area contributed by atoms with Gasteiger partial charge in [-0.3, -0.25) is 9.59 Å². The number of carbonyl (C=O) groups is 1. The highest BCUT2D eigenvalue weighted by Crippen LogP contribution is 2.38. The van der Waals surface area contributed by atoms with Gasteiger partial charge in [-0.2, -0.15) is 5.10 Å². The van der Waals surface area contributed by atoms with Crippen molar-refractivity contribution in [2.45, 2.75) is 44.6 Å². The third-order valence-electron chi connectivity index (χ3n) is 8.19. The number of methoxy groups -OCH3 is 3. The van der Waals surface area contributed by atoms with Gasteiger partial charge in [-0.15, -0.1) is 0 Å². The van der Waals surface area contributed by atoms with Crippen LogP contribution in [0, 0.1) is 5.82 Å². The van der Waals surface area contributed by atoms with Crippen LogP contribution in [0.15, 0.2) is 65.5 Å². The number of hydrogen-bond acceptors (Lipinski definition) is 7. The molecule has 1 saturated heterocycles. The van der Waals surface area contributed by atoms with E-state index >= 15 is 0 Å². The topological polar surface area (TPSA) is 82.9 Å². The first kappa shape index (κ1) is 30.2. The quantitative estimate of drug-likeness (QED) is 0.204. The first-order valence-corrected chi connectivity index (χ1v) is 14.7. The molecule has 2 heterocycles. The molecule has 8 nitrogen and oxygen atoms in total. The molecule has 0 saturated carbocycles. The van der Waals surface area contributed by atoms with Crippen LogP contribution in [0.2, 0.25) is 0 Å². The van der Waals surface area contributed by atoms with E-state index in [2.05, 4.69) is 4.90 Å². The lowest BCUT2D eigenvalue weighted by Crippen LogP contribution is -2.30. The highest BCUT2D eigenvalue weighted by Gasteiger charge is 2.23. The minimum Gasteiger partial charge on any atom is -0.493 e. The number of Topliss-reactive ketones (excluding diaryl/α,β-unsaturated/α-hetero) is 1. The van der Waals surface area contributed by atoms with Gasteiger partial charge in [-0.05, 0) is 74.7 Å². The number of benzene rings is 3. The number of carbonyl (C=O) groups excluding carboxylic acids is 1. The average molecular weight is 588 g/mol. The van der Waals surface area contributed by atoms with E-state index in [9.17, 15) is 14.0 Å². The summed E-state index contributed by atoms with van der Waals surface area (Å²) in [6, 6.07) is 17.4. The van der Waals surface area contributed by atoms with Gasteiger partial charge in [-0.25, -0.2) is 9.07 Å². The molecule has 1 aliphatic heterocycles. The fourth-order valence-corrected chi connectivity index (χ4v) is 5.90. The molecule has 0 aliphatic carbocycles. The molecule has 1 unspecified atom stereocenters. The van der Waals surface area contributed by atoms with Gasteiger partial charge in [0.25, 0.3) is 5.56 Å². The molecule has 9 heteroatoms. The number of ketones is 1. The zero-order chi connectivity index (χ0) is 30.3. The number of fused-ring (bicyclic) bond motifs is 1. The van der Waals surface area contributed by atoms with Crippen LogP contribution in [-0.4, -0.2) is 61.4 Å². The minimum absolute atomic E-state index is 0.0186. The van der Waals surface area contributed by atoms with E-state index in [0.29, 0.717) is 41.0 Å². The molecule has 1 aromatic heterocycles. The Bertz CT molecular complexity index is 1610. The number of nitrogens with zero attached hydrogens (tertiary/aromatic N) is 3. The Kier molecular flexibility index (Phi) is 9.72. The van der Waals surface area contributed by atoms with E-state index in [1.54, 1.807) is 28.9 Å². The molecule has 4 aromatic rings. The number of hydrogen-bond donors (Lipinski definition) is 0. The molecule has 0 N–H and O–H groups in total. The summed E-state index contributed by atoms with van der Waals surface area (Å²) in [6.07, 6.45) is 4.21. The summed E-state index contributed by atoms with van der Waals surface area (Å²) < 4.78 is 31.3. The summed E-state index contributed by atoms with van der Waals surface area (Å²) in [7, 11) is 4.60. The van der Waals surface area contributed by atoms with E-state index in [1.807, 2.05) is 24.3 Å². The second-order valence-electron chi connectivity index (χ2n) is 10.9. The van der Waals surface area contributed by atoms with Crippen LogP contribution in [0.25, 0.3) is 10.8 Å². The van der Waals surface area contributed by atoms with Crippen molar-refractivity contribution in [3.8, 4) is 17.2 Å². The zero-order valence-electron chi connectivity index (χ0n) is 25.0. The Morgan fingerprint density at radius 2 is 1.63 bits per heavy atom. The second kappa shape index (κ2) is 13.8. The van der Waals surface area contributed by atoms with Crippen molar-refractivity contribution in [1.29, 1.82) is 0 Å². The van der Waals surface area contributed by atoms with Gasteiger partial charge in [0.2, 0.25) is 5.75 Å². The first-order valence-electron chi connectivity index (χ1n) is 14.7. The number of halogens is 1. The molecule has 1 atom stereocenters. The predicted octanol–water partition coefficient (Wildman–Crippen LogP) is 5.84. The van der Waals surface area contributed by atoms with Gasteiger partial charge >= 0.3 is 0 Å². The van der Waals surface area contributed by atoms with Gasteiger partial charge in [0.1, 0.15) is 5.82 Å². The maximum absolute atomic E-state index is 13.6. The third-order valence-corrected chi connectivity index (χ3v) is 8.19. The van der Waals surface area contributed by atoms with Gasteiger partial charge in [0, 0.05) is 30.3 Å². The van der Waals surface area contributed by atoms with Crippen LogP contribution >= 0.6 is 0 Å². The Morgan fingerprint density at radius 1 is 0.930 bits per heavy atom. The Morgan fingerprint density at radius 3 is 2.30 bits per heavy atom. The fraction of sp³-hybridized carbons (Fsp3) is 0.382. The molecule has 3 aromatic carbocycles. The van der Waals surface area contributed by atoms with Crippen LogP contribution in [0.1, 0.15) is 59.8 Å². The SMILES string of the molecule is COc1cc(C(=O)CCCN2CCCC(n3nc(Cc4ccc(F)cc4)c4ccccc4c3=O)CC2)cc(OC)c1OC. The Hall–Kier alpha value is -4.24. The highest BCUT2D eigenvalue weighted by molar-refractivity contribution is 5.97. The summed E-state index contributed by atoms with van der Waals surface area (Å²) in [5, 5.41) is 6.37. The van der Waals surface area contributed by atoms with E-state index < -0.39 is 0 Å². The average Bonchev–Trinajstić information content (AvgIpc) is 3.28. The summed E-state index contributed by atoms with van der Waals surface area (Å²) in [4.78, 5) is 28.9. The summed E-state index contributed by atoms with van der Waals surface area (Å²) in [6.45, 7) is 2.51. The molecule has 43 heavy (non-hydrogen) atoms. The maximum Gasteiger partial charge on any atom is 0.274 e. The number of ether oxygens (including phenoxy) is 3. The molecule has 5 rings (SSSR count). The summed E-state index contributed by atoms with van der Waals surface area (Å²) >= 11 is 0. The minimum atomic E-state index is -0.278. The lowest BCUT2D eigenvalue weighted by Gasteiger charge is -2.21. The van der Waals surface area contributed by atoms with Crippen LogP contribution in [0.4, 0.5) is 4.39 Å². The van der Waals surface area contributed by atoms with Crippen LogP contribution in [-0.2, 0) is 6.42 Å². The van der Waals surface area contributed by atoms with Crippen molar-refractivity contribution in [2.24, 2.45) is 0 Å².